The number of halogens is 2. The molecule has 0 unspecified atom stereocenters. The second kappa shape index (κ2) is 6.88. The monoisotopic (exact) mass is 403 g/mol. The average Bonchev–Trinajstić information content (AvgIpc) is 2.81. The van der Waals surface area contributed by atoms with Gasteiger partial charge in [-0.15, -0.1) is 0 Å². The number of carbonyl (C=O) groups excluding carboxylic acids is 1. The van der Waals surface area contributed by atoms with E-state index in [-0.39, 0.29) is 23.9 Å². The predicted molar refractivity (Wildman–Crippen MR) is 85.9 cm³/mol. The smallest absolute Gasteiger partial charge is 0.356 e. The van der Waals surface area contributed by atoms with E-state index < -0.39 is 5.97 Å². The van der Waals surface area contributed by atoms with E-state index in [4.69, 9.17) is 10.5 Å². The summed E-state index contributed by atoms with van der Waals surface area (Å²) in [6.07, 6.45) is 0.326. The summed E-state index contributed by atoms with van der Waals surface area (Å²) >= 11 is 2.21. The Labute approximate surface area is 135 Å². The highest BCUT2D eigenvalue weighted by molar-refractivity contribution is 14.1. The van der Waals surface area contributed by atoms with Crippen LogP contribution in [0.3, 0.4) is 0 Å². The Balaban J connectivity index is 2.38. The van der Waals surface area contributed by atoms with Gasteiger partial charge in [-0.1, -0.05) is 28.7 Å². The standard InChI is InChI=1S/C14H15FIN3O2/c1-2-21-14(20)12-11(13(17)19-18-12)6-9-5-10(15)4-3-8(9)7-16/h3-5H,2,6-7H2,1H3,(H3,17,18,19). The quantitative estimate of drug-likeness (QED) is 0.457. The van der Waals surface area contributed by atoms with Crippen LogP contribution in [0.25, 0.3) is 0 Å². The van der Waals surface area contributed by atoms with Crippen molar-refractivity contribution < 1.29 is 13.9 Å². The minimum absolute atomic E-state index is 0.220. The minimum Gasteiger partial charge on any atom is -0.461 e. The molecule has 2 rings (SSSR count). The Morgan fingerprint density at radius 3 is 2.90 bits per heavy atom. The van der Waals surface area contributed by atoms with Crippen molar-refractivity contribution in [1.82, 2.24) is 10.2 Å². The largest absolute Gasteiger partial charge is 0.461 e. The van der Waals surface area contributed by atoms with Crippen LogP contribution in [0.2, 0.25) is 0 Å². The molecule has 0 aliphatic carbocycles. The molecule has 1 aromatic heterocycles. The molecule has 21 heavy (non-hydrogen) atoms. The number of nitrogens with zero attached hydrogens (tertiary/aromatic N) is 1. The predicted octanol–water partition coefficient (Wildman–Crippen LogP) is 2.83. The third-order valence-corrected chi connectivity index (χ3v) is 3.88. The van der Waals surface area contributed by atoms with E-state index in [0.29, 0.717) is 12.0 Å². The van der Waals surface area contributed by atoms with Crippen LogP contribution in [0.15, 0.2) is 18.2 Å². The first-order valence-corrected chi connectivity index (χ1v) is 7.92. The van der Waals surface area contributed by atoms with Crippen molar-refractivity contribution in [2.24, 2.45) is 0 Å². The third-order valence-electron chi connectivity index (χ3n) is 3.06. The van der Waals surface area contributed by atoms with Gasteiger partial charge in [0, 0.05) is 16.4 Å². The van der Waals surface area contributed by atoms with E-state index in [1.165, 1.54) is 12.1 Å². The molecule has 0 bridgehead atoms. The van der Waals surface area contributed by atoms with Crippen molar-refractivity contribution in [2.75, 3.05) is 12.3 Å². The summed E-state index contributed by atoms with van der Waals surface area (Å²) in [5, 5.41) is 6.44. The molecule has 1 aromatic carbocycles. The normalized spacial score (nSPS) is 10.6. The van der Waals surface area contributed by atoms with Crippen molar-refractivity contribution in [3.63, 3.8) is 0 Å². The van der Waals surface area contributed by atoms with E-state index >= 15 is 0 Å². The molecule has 0 saturated carbocycles. The number of hydrogen-bond donors (Lipinski definition) is 2. The van der Waals surface area contributed by atoms with Crippen molar-refractivity contribution in [3.8, 4) is 0 Å². The van der Waals surface area contributed by atoms with Crippen LogP contribution in [0, 0.1) is 5.82 Å². The van der Waals surface area contributed by atoms with Gasteiger partial charge in [0.2, 0.25) is 0 Å². The molecule has 0 spiro atoms. The zero-order valence-electron chi connectivity index (χ0n) is 11.5. The number of rotatable bonds is 5. The highest BCUT2D eigenvalue weighted by atomic mass is 127. The number of ether oxygens (including phenoxy) is 1. The molecule has 0 amide bonds. The van der Waals surface area contributed by atoms with Gasteiger partial charge in [0.1, 0.15) is 17.3 Å². The fourth-order valence-corrected chi connectivity index (χ4v) is 2.75. The van der Waals surface area contributed by atoms with E-state index in [1.54, 1.807) is 13.0 Å². The highest BCUT2D eigenvalue weighted by Crippen LogP contribution is 2.23. The number of benzene rings is 1. The van der Waals surface area contributed by atoms with Gasteiger partial charge >= 0.3 is 5.97 Å². The zero-order chi connectivity index (χ0) is 15.4. The van der Waals surface area contributed by atoms with Gasteiger partial charge in [0.25, 0.3) is 0 Å². The molecule has 5 nitrogen and oxygen atoms in total. The van der Waals surface area contributed by atoms with E-state index in [9.17, 15) is 9.18 Å². The topological polar surface area (TPSA) is 81.0 Å². The summed E-state index contributed by atoms with van der Waals surface area (Å²) in [4.78, 5) is 11.9. The second-order valence-electron chi connectivity index (χ2n) is 4.41. The lowest BCUT2D eigenvalue weighted by atomic mass is 10.00. The van der Waals surface area contributed by atoms with Gasteiger partial charge in [-0.05, 0) is 30.2 Å². The first kappa shape index (κ1) is 15.7. The number of carbonyl (C=O) groups is 1. The molecule has 112 valence electrons. The molecule has 7 heteroatoms. The first-order valence-electron chi connectivity index (χ1n) is 6.39. The van der Waals surface area contributed by atoms with Gasteiger partial charge in [-0.3, -0.25) is 5.10 Å². The molecule has 0 aliphatic rings. The maximum Gasteiger partial charge on any atom is 0.356 e. The van der Waals surface area contributed by atoms with Gasteiger partial charge in [0.15, 0.2) is 0 Å². The summed E-state index contributed by atoms with van der Waals surface area (Å²) < 4.78 is 19.1. The van der Waals surface area contributed by atoms with Crippen molar-refractivity contribution >= 4 is 34.4 Å². The van der Waals surface area contributed by atoms with E-state index in [1.807, 2.05) is 0 Å². The van der Waals surface area contributed by atoms with Crippen molar-refractivity contribution in [1.29, 1.82) is 0 Å². The number of alkyl halides is 1. The lowest BCUT2D eigenvalue weighted by Crippen LogP contribution is -2.09. The van der Waals surface area contributed by atoms with Crippen LogP contribution < -0.4 is 5.73 Å². The average molecular weight is 403 g/mol. The Kier molecular flexibility index (Phi) is 5.16. The van der Waals surface area contributed by atoms with Crippen LogP contribution in [-0.4, -0.2) is 22.8 Å². The van der Waals surface area contributed by atoms with Crippen molar-refractivity contribution in [3.05, 3.63) is 46.4 Å². The number of H-pyrrole nitrogens is 1. The van der Waals surface area contributed by atoms with Crippen LogP contribution in [0.1, 0.15) is 34.1 Å². The number of hydrogen-bond acceptors (Lipinski definition) is 4. The maximum atomic E-state index is 13.4. The van der Waals surface area contributed by atoms with E-state index in [0.717, 1.165) is 15.6 Å². The molecule has 0 atom stereocenters. The molecule has 1 heterocycles. The Morgan fingerprint density at radius 1 is 1.48 bits per heavy atom. The van der Waals surface area contributed by atoms with Gasteiger partial charge in [-0.2, -0.15) is 5.10 Å². The van der Waals surface area contributed by atoms with Crippen LogP contribution in [0.4, 0.5) is 10.2 Å². The molecular weight excluding hydrogens is 388 g/mol. The first-order chi connectivity index (χ1) is 10.1. The molecule has 3 N–H and O–H groups in total. The summed E-state index contributed by atoms with van der Waals surface area (Å²) in [6.45, 7) is 1.98. The minimum atomic E-state index is -0.510. The zero-order valence-corrected chi connectivity index (χ0v) is 13.6. The molecule has 0 saturated heterocycles. The molecule has 0 aliphatic heterocycles. The molecule has 2 aromatic rings. The highest BCUT2D eigenvalue weighted by Gasteiger charge is 2.20. The Bertz CT molecular complexity index is 658. The summed E-state index contributed by atoms with van der Waals surface area (Å²) in [5.74, 6) is -0.607. The number of nitrogen functional groups attached to an aromatic ring is 1. The van der Waals surface area contributed by atoms with E-state index in [2.05, 4.69) is 32.8 Å². The number of aromatic nitrogens is 2. The SMILES string of the molecule is CCOC(=O)c1[nH]nc(N)c1Cc1cc(F)ccc1CI. The summed E-state index contributed by atoms with van der Waals surface area (Å²) in [5.41, 5.74) is 8.33. The third kappa shape index (κ3) is 3.52. The number of anilines is 1. The summed E-state index contributed by atoms with van der Waals surface area (Å²) in [7, 11) is 0. The number of nitrogens with one attached hydrogen (secondary N) is 1. The van der Waals surface area contributed by atoms with Crippen molar-refractivity contribution in [2.45, 2.75) is 17.8 Å². The molecular formula is C14H15FIN3O2. The van der Waals surface area contributed by atoms with Gasteiger partial charge in [-0.25, -0.2) is 9.18 Å². The van der Waals surface area contributed by atoms with Crippen LogP contribution in [-0.2, 0) is 15.6 Å². The van der Waals surface area contributed by atoms with Gasteiger partial charge in [0.05, 0.1) is 6.61 Å². The number of nitrogens with two attached hydrogens (primary N) is 1. The maximum absolute atomic E-state index is 13.4. The molecule has 0 radical (unpaired) electrons. The fourth-order valence-electron chi connectivity index (χ4n) is 2.01. The Hall–Kier alpha value is -1.64. The lowest BCUT2D eigenvalue weighted by molar-refractivity contribution is 0.0518. The fraction of sp³-hybridized carbons (Fsp3) is 0.286. The van der Waals surface area contributed by atoms with Crippen LogP contribution >= 0.6 is 22.6 Å². The summed E-state index contributed by atoms with van der Waals surface area (Å²) in [6, 6.07) is 4.61. The molecule has 0 fully saturated rings. The lowest BCUT2D eigenvalue weighted by Gasteiger charge is -2.08. The second-order valence-corrected chi connectivity index (χ2v) is 5.17. The number of aromatic amines is 1. The Morgan fingerprint density at radius 2 is 2.24 bits per heavy atom. The number of esters is 1. The van der Waals surface area contributed by atoms with Gasteiger partial charge < -0.3 is 10.5 Å². The van der Waals surface area contributed by atoms with Crippen LogP contribution in [0.5, 0.6) is 0 Å².